The minimum atomic E-state index is -0.0411. The first kappa shape index (κ1) is 77.5. The number of fused-ring (bicyclic) bond motifs is 13. The highest BCUT2D eigenvalue weighted by molar-refractivity contribution is 6.26. The molecule has 19 aromatic rings. The Morgan fingerprint density at radius 1 is 0.218 bits per heavy atom. The summed E-state index contributed by atoms with van der Waals surface area (Å²) in [6.45, 7) is 4.65. The molecule has 602 valence electrons. The number of nitrogens with zero attached hydrogens (tertiary/aromatic N) is 3. The van der Waals surface area contributed by atoms with Gasteiger partial charge in [0.25, 0.3) is 0 Å². The maximum absolute atomic E-state index is 2.61. The first-order valence-electron chi connectivity index (χ1n) is 45.6. The predicted octanol–water partition coefficient (Wildman–Crippen LogP) is 34.7. The second-order valence-corrected chi connectivity index (χ2v) is 34.8. The van der Waals surface area contributed by atoms with Gasteiger partial charge in [-0.3, -0.25) is 0 Å². The Hall–Kier alpha value is -13.9. The van der Waals surface area contributed by atoms with Crippen molar-refractivity contribution in [2.75, 3.05) is 9.80 Å². The molecule has 0 bridgehead atoms. The molecule has 0 atom stereocenters. The Morgan fingerprint density at radius 2 is 0.556 bits per heavy atom. The largest absolute Gasteiger partial charge is 0.310 e. The molecular formula is C121H103N3. The number of benzene rings is 18. The molecule has 0 spiro atoms. The smallest absolute Gasteiger partial charge is 0.0541 e. The third kappa shape index (κ3) is 14.8. The van der Waals surface area contributed by atoms with Gasteiger partial charge in [0, 0.05) is 56.0 Å². The summed E-state index contributed by atoms with van der Waals surface area (Å²) in [4.78, 5) is 4.95. The van der Waals surface area contributed by atoms with E-state index in [0.717, 1.165) is 52.4 Å². The monoisotopic (exact) mass is 1600 g/mol. The summed E-state index contributed by atoms with van der Waals surface area (Å²) >= 11 is 0. The summed E-state index contributed by atoms with van der Waals surface area (Å²) < 4.78 is 2.48. The van der Waals surface area contributed by atoms with Crippen molar-refractivity contribution in [1.82, 2.24) is 4.57 Å². The number of hydrogen-bond acceptors (Lipinski definition) is 2. The molecule has 18 aromatic carbocycles. The van der Waals surface area contributed by atoms with E-state index < -0.39 is 0 Å². The Kier molecular flexibility index (Phi) is 21.4. The summed E-state index contributed by atoms with van der Waals surface area (Å²) in [5.74, 6) is 0. The van der Waals surface area contributed by atoms with E-state index in [1.54, 1.807) is 0 Å². The Bertz CT molecular complexity index is 7060. The zero-order valence-corrected chi connectivity index (χ0v) is 71.2. The molecule has 0 N–H and O–H groups in total. The van der Waals surface area contributed by atoms with Crippen molar-refractivity contribution in [3.8, 4) is 94.7 Å². The van der Waals surface area contributed by atoms with E-state index in [2.05, 4.69) is 423 Å². The van der Waals surface area contributed by atoms with Gasteiger partial charge in [-0.25, -0.2) is 0 Å². The summed E-state index contributed by atoms with van der Waals surface area (Å²) in [6.07, 6.45) is 20.2. The van der Waals surface area contributed by atoms with Crippen LogP contribution in [0.3, 0.4) is 0 Å². The minimum Gasteiger partial charge on any atom is -0.310 e. The molecule has 0 saturated heterocycles. The van der Waals surface area contributed by atoms with E-state index in [1.165, 1.54) is 256 Å². The van der Waals surface area contributed by atoms with Crippen molar-refractivity contribution in [2.24, 2.45) is 0 Å². The summed E-state index contributed by atoms with van der Waals surface area (Å²) in [7, 11) is 0. The van der Waals surface area contributed by atoms with Crippen molar-refractivity contribution >= 4 is 88.2 Å². The Morgan fingerprint density at radius 3 is 1.02 bits per heavy atom. The fourth-order valence-corrected chi connectivity index (χ4v) is 20.7. The molecule has 0 saturated carbocycles. The van der Waals surface area contributed by atoms with Gasteiger partial charge in [-0.1, -0.05) is 358 Å². The number of anilines is 6. The molecule has 0 aliphatic heterocycles. The van der Waals surface area contributed by atoms with Crippen LogP contribution < -0.4 is 9.80 Å². The van der Waals surface area contributed by atoms with Crippen LogP contribution in [0.25, 0.3) is 149 Å². The second-order valence-electron chi connectivity index (χ2n) is 34.8. The molecule has 3 heteroatoms. The van der Waals surface area contributed by atoms with Crippen molar-refractivity contribution in [3.05, 3.63) is 417 Å². The average Bonchev–Trinajstić information content (AvgIpc) is 1.58. The van der Waals surface area contributed by atoms with Gasteiger partial charge in [0.2, 0.25) is 0 Å². The van der Waals surface area contributed by atoms with Gasteiger partial charge in [-0.15, -0.1) is 0 Å². The van der Waals surface area contributed by atoms with Crippen LogP contribution in [0.15, 0.2) is 394 Å². The lowest BCUT2D eigenvalue weighted by Crippen LogP contribution is -2.26. The van der Waals surface area contributed by atoms with Gasteiger partial charge in [0.15, 0.2) is 0 Å². The lowest BCUT2D eigenvalue weighted by Gasteiger charge is -2.34. The summed E-state index contributed by atoms with van der Waals surface area (Å²) in [5, 5.41) is 10.0. The highest BCUT2D eigenvalue weighted by atomic mass is 15.1. The SMILES string of the molecule is CCCCCCCCC1(CCCCCCCC)c2ccccc2-c2ccc(N(c3ccc(-c4ccccc4)cc3)c3ccc(-c4cccc(-c5ccc(N(c6ccc(-c7cccc(-c8ccc9c(c8)c8cc(-c%10cccc(-c%11ccccc%11)c%10)ccc8n9-c8ccc9c(c8)CC9)c7)cc6)c6ccc7c8ccccc8c8ccccc8c7c6)cc5)c4)cc3)cc21. The van der Waals surface area contributed by atoms with Crippen LogP contribution in [-0.2, 0) is 18.3 Å². The number of rotatable bonds is 28. The van der Waals surface area contributed by atoms with Gasteiger partial charge < -0.3 is 14.4 Å². The average molecular weight is 1600 g/mol. The van der Waals surface area contributed by atoms with E-state index in [-0.39, 0.29) is 5.41 Å². The van der Waals surface area contributed by atoms with E-state index in [9.17, 15) is 0 Å². The lowest BCUT2D eigenvalue weighted by atomic mass is 9.70. The maximum atomic E-state index is 2.61. The third-order valence-electron chi connectivity index (χ3n) is 27.3. The number of unbranched alkanes of at least 4 members (excludes halogenated alkanes) is 10. The molecule has 0 amide bonds. The molecule has 0 fully saturated rings. The first-order chi connectivity index (χ1) is 61.4. The first-order valence-corrected chi connectivity index (χ1v) is 45.6. The van der Waals surface area contributed by atoms with Crippen LogP contribution in [0.2, 0.25) is 0 Å². The molecule has 0 radical (unpaired) electrons. The topological polar surface area (TPSA) is 11.4 Å². The highest BCUT2D eigenvalue weighted by Crippen LogP contribution is 2.56. The molecule has 1 heterocycles. The number of aromatic nitrogens is 1. The van der Waals surface area contributed by atoms with E-state index in [4.69, 9.17) is 0 Å². The van der Waals surface area contributed by atoms with Crippen LogP contribution in [-0.4, -0.2) is 4.57 Å². The zero-order valence-electron chi connectivity index (χ0n) is 71.2. The predicted molar refractivity (Wildman–Crippen MR) is 530 cm³/mol. The van der Waals surface area contributed by atoms with Crippen LogP contribution in [0.5, 0.6) is 0 Å². The van der Waals surface area contributed by atoms with Crippen molar-refractivity contribution in [2.45, 2.75) is 122 Å². The quantitative estimate of drug-likeness (QED) is 0.0358. The van der Waals surface area contributed by atoms with Crippen molar-refractivity contribution in [3.63, 3.8) is 0 Å². The van der Waals surface area contributed by atoms with Crippen LogP contribution in [0, 0.1) is 0 Å². The maximum Gasteiger partial charge on any atom is 0.0541 e. The van der Waals surface area contributed by atoms with Gasteiger partial charge in [-0.05, 0) is 297 Å². The Labute approximate surface area is 730 Å². The molecular weight excluding hydrogens is 1500 g/mol. The molecule has 21 rings (SSSR count). The van der Waals surface area contributed by atoms with Crippen LogP contribution >= 0.6 is 0 Å². The van der Waals surface area contributed by atoms with Crippen molar-refractivity contribution < 1.29 is 0 Å². The van der Waals surface area contributed by atoms with E-state index >= 15 is 0 Å². The Balaban J connectivity index is 0.605. The normalized spacial score (nSPS) is 12.6. The highest BCUT2D eigenvalue weighted by Gasteiger charge is 2.43. The summed E-state index contributed by atoms with van der Waals surface area (Å²) in [6, 6.07) is 149. The summed E-state index contributed by atoms with van der Waals surface area (Å²) in [5.41, 5.74) is 35.8. The van der Waals surface area contributed by atoms with Gasteiger partial charge in [0.05, 0.1) is 11.0 Å². The van der Waals surface area contributed by atoms with Crippen LogP contribution in [0.1, 0.15) is 126 Å². The van der Waals surface area contributed by atoms with E-state index in [1.807, 2.05) is 0 Å². The molecule has 3 nitrogen and oxygen atoms in total. The number of hydrogen-bond donors (Lipinski definition) is 0. The molecule has 2 aliphatic rings. The van der Waals surface area contributed by atoms with Gasteiger partial charge in [-0.2, -0.15) is 0 Å². The second kappa shape index (κ2) is 34.2. The molecule has 0 unspecified atom stereocenters. The fraction of sp³-hybridized carbons (Fsp3) is 0.157. The molecule has 1 aromatic heterocycles. The van der Waals surface area contributed by atoms with Gasteiger partial charge >= 0.3 is 0 Å². The van der Waals surface area contributed by atoms with Crippen molar-refractivity contribution in [1.29, 1.82) is 0 Å². The lowest BCUT2D eigenvalue weighted by molar-refractivity contribution is 0.398. The number of aryl methyl sites for hydroxylation is 2. The minimum absolute atomic E-state index is 0.0411. The third-order valence-corrected chi connectivity index (χ3v) is 27.3. The molecule has 2 aliphatic carbocycles. The van der Waals surface area contributed by atoms with Gasteiger partial charge in [0.1, 0.15) is 0 Å². The zero-order chi connectivity index (χ0) is 82.9. The standard InChI is InChI=1S/C121H103N3/c1-3-5-7-9-11-25-74-121(75-26-12-10-8-6-4-2)117-45-24-23-44-112(117)113-71-69-106(83-118(113)121)123(102-59-48-86(49-60-102)84-30-15-13-16-31-84)103-65-54-89(55-66-103)93-36-27-35-92(76-93)88-50-61-100(62-51-88)122(105-68-70-111-109-42-20-19-40-107(109)108-41-21-22-43-110(108)114(111)82-105)101-63-52-90(53-64-101)94-37-29-39-96(78-94)99-58-73-120-116(81-99)115-80-98(95-38-28-34-91(77-95)85-32-17-14-18-33-85)57-72-119(115)124(120)104-67-56-87-46-47-97(87)79-104/h13-24,27-45,48-73,76-83H,3-12,25-26,46-47,74-75H2,1-2H3. The molecule has 124 heavy (non-hydrogen) atoms. The fourth-order valence-electron chi connectivity index (χ4n) is 20.7. The van der Waals surface area contributed by atoms with E-state index in [0.29, 0.717) is 0 Å². The van der Waals surface area contributed by atoms with Crippen LogP contribution in [0.4, 0.5) is 34.1 Å².